The number of ether oxygens (including phenoxy) is 1. The van der Waals surface area contributed by atoms with Crippen molar-refractivity contribution in [3.8, 4) is 0 Å². The summed E-state index contributed by atoms with van der Waals surface area (Å²) in [5, 5.41) is 14.6. The molecule has 0 bridgehead atoms. The van der Waals surface area contributed by atoms with Crippen LogP contribution in [-0.4, -0.2) is 54.5 Å². The highest BCUT2D eigenvalue weighted by molar-refractivity contribution is 7.85. The molecule has 0 aromatic heterocycles. The summed E-state index contributed by atoms with van der Waals surface area (Å²) in [5.41, 5.74) is 0.000146. The number of carbonyl (C=O) groups is 2. The Kier molecular flexibility index (Phi) is 20.1. The number of allylic oxidation sites excluding steroid dienone is 4. The van der Waals surface area contributed by atoms with E-state index in [0.717, 1.165) is 57.8 Å². The molecule has 4 aliphatic carbocycles. The average Bonchev–Trinajstić information content (AvgIpc) is 3.53. The molecule has 0 saturated heterocycles. The lowest BCUT2D eigenvalue weighted by Gasteiger charge is -2.62. The van der Waals surface area contributed by atoms with Gasteiger partial charge in [0.1, 0.15) is 6.10 Å². The number of fused-ring (bicyclic) bond motifs is 5. The van der Waals surface area contributed by atoms with Crippen molar-refractivity contribution < 1.29 is 32.4 Å². The van der Waals surface area contributed by atoms with Gasteiger partial charge in [-0.1, -0.05) is 110 Å². The lowest BCUT2D eigenvalue weighted by atomic mass is 9.43. The molecule has 57 heavy (non-hydrogen) atoms. The Morgan fingerprint density at radius 1 is 0.807 bits per heavy atom. The molecule has 0 aromatic carbocycles. The van der Waals surface area contributed by atoms with Gasteiger partial charge >= 0.3 is 5.97 Å². The van der Waals surface area contributed by atoms with Crippen molar-refractivity contribution in [2.75, 3.05) is 12.3 Å². The lowest BCUT2D eigenvalue weighted by Crippen LogP contribution is -2.59. The fourth-order valence-corrected chi connectivity index (χ4v) is 12.6. The Morgan fingerprint density at radius 3 is 2.12 bits per heavy atom. The summed E-state index contributed by atoms with van der Waals surface area (Å²) >= 11 is 0. The molecule has 4 rings (SSSR count). The highest BCUT2D eigenvalue weighted by Gasteiger charge is 2.63. The summed E-state index contributed by atoms with van der Waals surface area (Å²) < 4.78 is 37.0. The minimum absolute atomic E-state index is 0.0140. The lowest BCUT2D eigenvalue weighted by molar-refractivity contribution is -0.181. The molecular weight excluding hydrogens is 735 g/mol. The molecule has 328 valence electrons. The molecule has 4 aliphatic rings. The fraction of sp³-hybridized carbons (Fsp3) is 0.875. The third-order valence-corrected chi connectivity index (χ3v) is 16.3. The van der Waals surface area contributed by atoms with E-state index in [-0.39, 0.29) is 47.4 Å². The zero-order valence-electron chi connectivity index (χ0n) is 36.6. The van der Waals surface area contributed by atoms with Crippen LogP contribution in [0.4, 0.5) is 0 Å². The van der Waals surface area contributed by atoms with Gasteiger partial charge in [0.05, 0.1) is 11.9 Å². The van der Waals surface area contributed by atoms with Crippen LogP contribution in [0.3, 0.4) is 0 Å². The van der Waals surface area contributed by atoms with Gasteiger partial charge in [-0.25, -0.2) is 0 Å². The first-order chi connectivity index (χ1) is 27.3. The molecule has 8 nitrogen and oxygen atoms in total. The monoisotopic (exact) mass is 818 g/mol. The Labute approximate surface area is 348 Å². The number of carbonyl (C=O) groups excluding carboxylic acids is 2. The van der Waals surface area contributed by atoms with Crippen molar-refractivity contribution in [1.82, 2.24) is 5.32 Å². The summed E-state index contributed by atoms with van der Waals surface area (Å²) in [4.78, 5) is 25.3. The molecule has 0 aliphatic heterocycles. The number of unbranched alkanes of at least 4 members (excludes halogenated alkanes) is 12. The first kappa shape index (κ1) is 48.0. The third-order valence-electron chi connectivity index (χ3n) is 15.6. The van der Waals surface area contributed by atoms with Crippen LogP contribution < -0.4 is 5.32 Å². The highest BCUT2D eigenvalue weighted by atomic mass is 32.2. The van der Waals surface area contributed by atoms with Gasteiger partial charge in [-0.05, 0) is 143 Å². The van der Waals surface area contributed by atoms with E-state index in [0.29, 0.717) is 48.9 Å². The maximum Gasteiger partial charge on any atom is 0.306 e. The van der Waals surface area contributed by atoms with Gasteiger partial charge in [0.15, 0.2) is 0 Å². The number of hydrogen-bond donors (Lipinski definition) is 3. The zero-order chi connectivity index (χ0) is 41.3. The summed E-state index contributed by atoms with van der Waals surface area (Å²) in [5.74, 6) is 2.02. The summed E-state index contributed by atoms with van der Waals surface area (Å²) in [6, 6.07) is 0. The summed E-state index contributed by atoms with van der Waals surface area (Å²) in [6.07, 6.45) is 37.4. The van der Waals surface area contributed by atoms with E-state index in [4.69, 9.17) is 9.29 Å². The van der Waals surface area contributed by atoms with Crippen LogP contribution in [0.1, 0.15) is 195 Å². The van der Waals surface area contributed by atoms with Crippen LogP contribution in [0.25, 0.3) is 0 Å². The maximum atomic E-state index is 12.9. The van der Waals surface area contributed by atoms with E-state index >= 15 is 0 Å². The van der Waals surface area contributed by atoms with Gasteiger partial charge < -0.3 is 15.2 Å². The Hall–Kier alpha value is -1.71. The molecule has 10 atom stereocenters. The van der Waals surface area contributed by atoms with E-state index < -0.39 is 15.9 Å². The van der Waals surface area contributed by atoms with E-state index in [9.17, 15) is 23.1 Å². The first-order valence-electron chi connectivity index (χ1n) is 23.7. The molecule has 0 heterocycles. The largest absolute Gasteiger partial charge is 0.462 e. The predicted octanol–water partition coefficient (Wildman–Crippen LogP) is 11.3. The average molecular weight is 818 g/mol. The Balaban J connectivity index is 1.08. The molecule has 9 heteroatoms. The fourth-order valence-electron chi connectivity index (χ4n) is 12.3. The van der Waals surface area contributed by atoms with Crippen molar-refractivity contribution in [2.45, 2.75) is 207 Å². The molecule has 0 radical (unpaired) electrons. The summed E-state index contributed by atoms with van der Waals surface area (Å²) in [7, 11) is -4.10. The second kappa shape index (κ2) is 23.9. The number of amides is 1. The molecule has 4 saturated carbocycles. The Morgan fingerprint density at radius 2 is 1.46 bits per heavy atom. The van der Waals surface area contributed by atoms with Crippen molar-refractivity contribution in [2.24, 2.45) is 46.3 Å². The van der Waals surface area contributed by atoms with E-state index in [2.05, 4.69) is 57.3 Å². The van der Waals surface area contributed by atoms with Crippen LogP contribution in [0.15, 0.2) is 24.3 Å². The van der Waals surface area contributed by atoms with Crippen LogP contribution in [0.2, 0.25) is 0 Å². The topological polar surface area (TPSA) is 130 Å². The van der Waals surface area contributed by atoms with Crippen molar-refractivity contribution >= 4 is 22.0 Å². The normalized spacial score (nSPS) is 31.9. The molecular formula is C48H83NO7S. The minimum atomic E-state index is -4.10. The van der Waals surface area contributed by atoms with Crippen LogP contribution in [0.5, 0.6) is 0 Å². The van der Waals surface area contributed by atoms with Crippen molar-refractivity contribution in [1.29, 1.82) is 0 Å². The highest BCUT2D eigenvalue weighted by Crippen LogP contribution is 2.68. The van der Waals surface area contributed by atoms with E-state index in [1.807, 2.05) is 0 Å². The number of aliphatic hydroxyl groups is 1. The van der Waals surface area contributed by atoms with Gasteiger partial charge in [0.2, 0.25) is 5.91 Å². The maximum absolute atomic E-state index is 12.9. The summed E-state index contributed by atoms with van der Waals surface area (Å²) in [6.45, 7) is 9.18. The second-order valence-electron chi connectivity index (χ2n) is 19.4. The molecule has 3 N–H and O–H groups in total. The van der Waals surface area contributed by atoms with E-state index in [1.165, 1.54) is 89.9 Å². The van der Waals surface area contributed by atoms with Crippen LogP contribution in [-0.2, 0) is 24.4 Å². The van der Waals surface area contributed by atoms with Gasteiger partial charge in [0.25, 0.3) is 10.1 Å². The molecule has 1 amide bonds. The van der Waals surface area contributed by atoms with Crippen LogP contribution in [0, 0.1) is 46.3 Å². The third kappa shape index (κ3) is 14.5. The minimum Gasteiger partial charge on any atom is -0.462 e. The van der Waals surface area contributed by atoms with Gasteiger partial charge in [-0.3, -0.25) is 14.1 Å². The SMILES string of the molecule is CCCCC/C=C\C/C=C\CCCCCCCCCCCC(=O)OC1CCC2(C)C(CCC3C2CC(O)C2(C)C(C(C)CCC(=O)NCCS(=O)(=O)O)CCC32)C1. The van der Waals surface area contributed by atoms with Crippen molar-refractivity contribution in [3.05, 3.63) is 24.3 Å². The smallest absolute Gasteiger partial charge is 0.306 e. The number of rotatable bonds is 26. The van der Waals surface area contributed by atoms with Gasteiger partial charge in [-0.2, -0.15) is 8.42 Å². The standard InChI is InChI=1S/C48H83NO7S/c1-5-6-7-8-9-10-11-12-13-14-15-16-17-18-19-20-21-22-23-24-46(52)56-39-31-32-47(3)38(35-39)26-27-40-42-29-28-41(48(42,4)44(50)36-43(40)47)37(2)25-30-45(51)49-33-34-57(53,54)55/h9-10,12-13,37-44,50H,5-8,11,14-36H2,1-4H3,(H,49,51)(H,53,54,55)/b10-9-,13-12-. The van der Waals surface area contributed by atoms with Crippen LogP contribution >= 0.6 is 0 Å². The second-order valence-corrected chi connectivity index (χ2v) is 21.0. The number of esters is 1. The van der Waals surface area contributed by atoms with Gasteiger partial charge in [-0.15, -0.1) is 0 Å². The number of aliphatic hydroxyl groups excluding tert-OH is 1. The van der Waals surface area contributed by atoms with Crippen molar-refractivity contribution in [3.63, 3.8) is 0 Å². The molecule has 4 fully saturated rings. The zero-order valence-corrected chi connectivity index (χ0v) is 37.4. The van der Waals surface area contributed by atoms with E-state index in [1.54, 1.807) is 0 Å². The number of hydrogen-bond acceptors (Lipinski definition) is 6. The Bertz CT molecular complexity index is 1380. The molecule has 0 aromatic rings. The first-order valence-corrected chi connectivity index (χ1v) is 25.3. The molecule has 10 unspecified atom stereocenters. The predicted molar refractivity (Wildman–Crippen MR) is 232 cm³/mol. The van der Waals surface area contributed by atoms with Gasteiger partial charge in [0, 0.05) is 19.4 Å². The quantitative estimate of drug-likeness (QED) is 0.0343. The molecule has 0 spiro atoms. The number of nitrogens with one attached hydrogen (secondary N) is 1.